The molecule has 0 radical (unpaired) electrons. The highest BCUT2D eigenvalue weighted by Gasteiger charge is 2.44. The highest BCUT2D eigenvalue weighted by atomic mass is 16.7. The van der Waals surface area contributed by atoms with E-state index in [9.17, 15) is 38.4 Å². The minimum absolute atomic E-state index is 0.0166. The third-order valence-corrected chi connectivity index (χ3v) is 14.9. The van der Waals surface area contributed by atoms with Gasteiger partial charge in [-0.15, -0.1) is 5.06 Å². The van der Waals surface area contributed by atoms with Gasteiger partial charge in [-0.05, 0) is 75.1 Å². The number of ether oxygens (including phenoxy) is 2. The minimum atomic E-state index is -0.724. The smallest absolute Gasteiger partial charge is 0.333 e. The van der Waals surface area contributed by atoms with Gasteiger partial charge in [0, 0.05) is 94.8 Å². The van der Waals surface area contributed by atoms with Crippen LogP contribution in [0.4, 0.5) is 0 Å². The molecule has 17 heteroatoms. The summed E-state index contributed by atoms with van der Waals surface area (Å²) in [6.45, 7) is 14.7. The van der Waals surface area contributed by atoms with Crippen LogP contribution in [0.2, 0.25) is 0 Å². The van der Waals surface area contributed by atoms with Gasteiger partial charge in [-0.25, -0.2) is 4.79 Å². The molecule has 0 saturated carbocycles. The Labute approximate surface area is 415 Å². The Morgan fingerprint density at radius 2 is 1.53 bits per heavy atom. The number of nitrogens with two attached hydrogens (primary N) is 1. The first-order chi connectivity index (χ1) is 33.2. The fourth-order valence-electron chi connectivity index (χ4n) is 10.7. The summed E-state index contributed by atoms with van der Waals surface area (Å²) in [5.41, 5.74) is 7.71. The average Bonchev–Trinajstić information content (AvgIpc) is 4.05. The molecule has 70 heavy (non-hydrogen) atoms. The number of aromatic nitrogens is 1. The van der Waals surface area contributed by atoms with E-state index in [-0.39, 0.29) is 79.7 Å². The first-order valence-electron chi connectivity index (χ1n) is 25.4. The van der Waals surface area contributed by atoms with Crippen molar-refractivity contribution < 1.29 is 52.7 Å². The SMILES string of the molecule is CC[C@H](C)[C@@H]([C@@H](CC(=O)N1CCC[C@H]1[C@H](OC)[C@@H](C)C(=O)C[C@@H](Cc1c[nH]c2ccccc12)C(N)=O)OC)N(C)C(=O)[C@@H](CC(=O)[C@H](C(C)C)N(C)CCCCCC(=O)ON1C(=O)CCC1=O)C(C)C. The molecule has 5 amide bonds. The Bertz CT molecular complexity index is 2110. The van der Waals surface area contributed by atoms with Gasteiger partial charge in [0.25, 0.3) is 11.8 Å². The van der Waals surface area contributed by atoms with E-state index in [0.717, 1.165) is 16.5 Å². The summed E-state index contributed by atoms with van der Waals surface area (Å²) >= 11 is 0. The lowest BCUT2D eigenvalue weighted by atomic mass is 9.83. The summed E-state index contributed by atoms with van der Waals surface area (Å²) in [7, 11) is 6.72. The molecule has 2 aliphatic rings. The monoisotopic (exact) mass is 979 g/mol. The van der Waals surface area contributed by atoms with Crippen LogP contribution < -0.4 is 5.73 Å². The van der Waals surface area contributed by atoms with E-state index in [1.807, 2.05) is 84.0 Å². The van der Waals surface area contributed by atoms with Crippen molar-refractivity contribution in [1.82, 2.24) is 24.7 Å². The third kappa shape index (κ3) is 14.8. The number of primary amides is 1. The van der Waals surface area contributed by atoms with Gasteiger partial charge in [0.15, 0.2) is 5.78 Å². The number of Topliss-reactive ketones (excluding diaryl/α,β-unsaturated/α-hetero) is 2. The summed E-state index contributed by atoms with van der Waals surface area (Å²) in [5.74, 6) is -5.08. The van der Waals surface area contributed by atoms with Crippen molar-refractivity contribution in [1.29, 1.82) is 0 Å². The molecule has 390 valence electrons. The molecule has 0 unspecified atom stereocenters. The quantitative estimate of drug-likeness (QED) is 0.0676. The van der Waals surface area contributed by atoms with E-state index in [1.54, 1.807) is 38.0 Å². The molecule has 3 N–H and O–H groups in total. The van der Waals surface area contributed by atoms with Crippen LogP contribution in [0.5, 0.6) is 0 Å². The van der Waals surface area contributed by atoms with Crippen molar-refractivity contribution in [3.63, 3.8) is 0 Å². The van der Waals surface area contributed by atoms with Crippen LogP contribution in [0.3, 0.4) is 0 Å². The summed E-state index contributed by atoms with van der Waals surface area (Å²) in [4.78, 5) is 120. The molecule has 2 fully saturated rings. The fourth-order valence-corrected chi connectivity index (χ4v) is 10.7. The number of methoxy groups -OCH3 is 2. The van der Waals surface area contributed by atoms with Gasteiger partial charge >= 0.3 is 5.97 Å². The van der Waals surface area contributed by atoms with E-state index >= 15 is 0 Å². The first-order valence-corrected chi connectivity index (χ1v) is 25.4. The zero-order valence-corrected chi connectivity index (χ0v) is 43.7. The Morgan fingerprint density at radius 1 is 0.857 bits per heavy atom. The normalized spacial score (nSPS) is 18.8. The molecule has 17 nitrogen and oxygen atoms in total. The number of hydrogen-bond donors (Lipinski definition) is 2. The van der Waals surface area contributed by atoms with Gasteiger partial charge in [0.1, 0.15) is 5.78 Å². The zero-order valence-electron chi connectivity index (χ0n) is 43.7. The number of para-hydroxylation sites is 1. The van der Waals surface area contributed by atoms with Crippen LogP contribution in [0.15, 0.2) is 30.5 Å². The van der Waals surface area contributed by atoms with Gasteiger partial charge < -0.3 is 34.8 Å². The highest BCUT2D eigenvalue weighted by molar-refractivity contribution is 6.01. The number of likely N-dealkylation sites (tertiary alicyclic amines) is 1. The number of amides is 5. The summed E-state index contributed by atoms with van der Waals surface area (Å²) in [6, 6.07) is 6.41. The second-order valence-electron chi connectivity index (χ2n) is 20.5. The van der Waals surface area contributed by atoms with Crippen LogP contribution >= 0.6 is 0 Å². The second kappa shape index (κ2) is 27.0. The maximum absolute atomic E-state index is 14.7. The topological polar surface area (TPSA) is 219 Å². The molecule has 0 aliphatic carbocycles. The number of H-pyrrole nitrogens is 1. The molecule has 1 aromatic heterocycles. The van der Waals surface area contributed by atoms with Crippen molar-refractivity contribution >= 4 is 58.0 Å². The molecular formula is C53H82N6O11. The van der Waals surface area contributed by atoms with Crippen molar-refractivity contribution in [2.24, 2.45) is 41.2 Å². The average molecular weight is 979 g/mol. The van der Waals surface area contributed by atoms with Crippen molar-refractivity contribution in [2.75, 3.05) is 41.4 Å². The van der Waals surface area contributed by atoms with E-state index in [4.69, 9.17) is 20.0 Å². The number of hydrogen-bond acceptors (Lipinski definition) is 12. The van der Waals surface area contributed by atoms with Gasteiger partial charge in [-0.1, -0.05) is 79.5 Å². The largest absolute Gasteiger partial charge is 0.379 e. The van der Waals surface area contributed by atoms with E-state index in [0.29, 0.717) is 63.1 Å². The molecule has 1 aromatic carbocycles. The molecule has 3 heterocycles. The Hall–Kier alpha value is -5.00. The van der Waals surface area contributed by atoms with E-state index < -0.39 is 71.8 Å². The molecule has 0 spiro atoms. The van der Waals surface area contributed by atoms with Crippen LogP contribution in [0.1, 0.15) is 131 Å². The first kappa shape index (κ1) is 57.6. The molecule has 4 rings (SSSR count). The number of hydroxylamine groups is 2. The Kier molecular flexibility index (Phi) is 22.2. The van der Waals surface area contributed by atoms with E-state index in [1.165, 1.54) is 0 Å². The maximum Gasteiger partial charge on any atom is 0.333 e. The van der Waals surface area contributed by atoms with Gasteiger partial charge in [-0.2, -0.15) is 0 Å². The summed E-state index contributed by atoms with van der Waals surface area (Å²) in [5, 5.41) is 1.53. The highest BCUT2D eigenvalue weighted by Crippen LogP contribution is 2.32. The van der Waals surface area contributed by atoms with Crippen molar-refractivity contribution in [3.8, 4) is 0 Å². The predicted molar refractivity (Wildman–Crippen MR) is 265 cm³/mol. The zero-order chi connectivity index (χ0) is 52.0. The van der Waals surface area contributed by atoms with Gasteiger partial charge in [-0.3, -0.25) is 38.5 Å². The summed E-state index contributed by atoms with van der Waals surface area (Å²) in [6.07, 6.45) is 4.82. The number of carbonyl (C=O) groups excluding carboxylic acids is 8. The van der Waals surface area contributed by atoms with Crippen LogP contribution in [0.25, 0.3) is 10.9 Å². The van der Waals surface area contributed by atoms with Gasteiger partial charge in [0.05, 0.1) is 36.8 Å². The van der Waals surface area contributed by atoms with Crippen molar-refractivity contribution in [2.45, 2.75) is 162 Å². The van der Waals surface area contributed by atoms with Crippen molar-refractivity contribution in [3.05, 3.63) is 36.0 Å². The number of aromatic amines is 1. The number of carbonyl (C=O) groups is 8. The number of nitrogens with zero attached hydrogens (tertiary/aromatic N) is 4. The Balaban J connectivity index is 1.39. The lowest BCUT2D eigenvalue weighted by Crippen LogP contribution is -2.54. The number of fused-ring (bicyclic) bond motifs is 1. The third-order valence-electron chi connectivity index (χ3n) is 14.9. The number of unbranched alkanes of at least 4 members (excludes halogenated alkanes) is 2. The molecule has 2 aliphatic heterocycles. The van der Waals surface area contributed by atoms with Crippen LogP contribution in [0, 0.1) is 35.5 Å². The van der Waals surface area contributed by atoms with Gasteiger partial charge in [0.2, 0.25) is 17.7 Å². The van der Waals surface area contributed by atoms with Crippen LogP contribution in [-0.4, -0.2) is 144 Å². The number of ketones is 2. The predicted octanol–water partition coefficient (Wildman–Crippen LogP) is 6.05. The Morgan fingerprint density at radius 3 is 2.13 bits per heavy atom. The minimum Gasteiger partial charge on any atom is -0.379 e. The lowest BCUT2D eigenvalue weighted by Gasteiger charge is -2.41. The number of imide groups is 1. The second-order valence-corrected chi connectivity index (χ2v) is 20.5. The molecule has 0 bridgehead atoms. The summed E-state index contributed by atoms with van der Waals surface area (Å²) < 4.78 is 12.1. The lowest BCUT2D eigenvalue weighted by molar-refractivity contribution is -0.197. The van der Waals surface area contributed by atoms with Crippen LogP contribution in [-0.2, 0) is 59.1 Å². The number of likely N-dealkylation sites (N-methyl/N-ethyl adjacent to an activating group) is 2. The number of nitrogens with one attached hydrogen (secondary N) is 1. The molecule has 2 aromatic rings. The number of rotatable bonds is 30. The molecule has 9 atom stereocenters. The number of benzene rings is 1. The standard InChI is InChI=1S/C53H82N6O11/c1-12-34(6)50(57(9)53(67)39(32(2)3)29-43(61)49(33(4)5)56(8)25-17-13-14-22-48(65)70-59-45(62)23-24-46(59)63)44(68-10)30-47(64)58-26-18-21-41(58)51(69-11)35(7)42(60)28-36(52(54)66)27-37-31-55-40-20-16-15-19-38(37)40/h15-16,19-20,31-36,39,41,44,49-51,55H,12-14,17-18,21-30H2,1-11H3,(H2,54,66)/t34-,35-,36+,39-,41-,44+,49-,50-,51+/m0/s1. The molecular weight excluding hydrogens is 897 g/mol. The molecule has 2 saturated heterocycles. The fraction of sp³-hybridized carbons (Fsp3) is 0.698. The van der Waals surface area contributed by atoms with E-state index in [2.05, 4.69) is 4.98 Å². The maximum atomic E-state index is 14.7.